The number of rotatable bonds is 3. The minimum absolute atomic E-state index is 0.567. The molecule has 0 aromatic carbocycles. The highest BCUT2D eigenvalue weighted by Gasteiger charge is 2.19. The summed E-state index contributed by atoms with van der Waals surface area (Å²) < 4.78 is 5.00. The topological polar surface area (TPSA) is 12.5 Å². The average molecular weight is 112 g/mol. The molecule has 0 amide bonds. The van der Waals surface area contributed by atoms with E-state index in [1.807, 2.05) is 0 Å². The van der Waals surface area contributed by atoms with Gasteiger partial charge >= 0.3 is 0 Å². The van der Waals surface area contributed by atoms with E-state index < -0.39 is 0 Å². The Labute approximate surface area is 50.3 Å². The lowest BCUT2D eigenvalue weighted by Crippen LogP contribution is -1.77. The Kier molecular flexibility index (Phi) is 2.10. The van der Waals surface area contributed by atoms with Crippen molar-refractivity contribution >= 4 is 0 Å². The summed E-state index contributed by atoms with van der Waals surface area (Å²) in [7, 11) is 0. The van der Waals surface area contributed by atoms with E-state index >= 15 is 0 Å². The molecule has 8 heavy (non-hydrogen) atoms. The standard InChI is InChI=1S/C7H12O/c1-2-3-4-5-7-6-8-7/h3-4,7H,2,5-6H2,1H3/b4-3+/t7-/m1/s1. The average Bonchev–Trinajstić information content (AvgIpc) is 2.51. The van der Waals surface area contributed by atoms with Gasteiger partial charge in [0.05, 0.1) is 12.7 Å². The number of allylic oxidation sites excluding steroid dienone is 1. The van der Waals surface area contributed by atoms with Gasteiger partial charge in [-0.05, 0) is 12.8 Å². The predicted octanol–water partition coefficient (Wildman–Crippen LogP) is 1.74. The first-order chi connectivity index (χ1) is 3.93. The third-order valence-corrected chi connectivity index (χ3v) is 1.20. The summed E-state index contributed by atoms with van der Waals surface area (Å²) in [6, 6.07) is 0. The van der Waals surface area contributed by atoms with Gasteiger partial charge in [0.25, 0.3) is 0 Å². The number of epoxide rings is 1. The van der Waals surface area contributed by atoms with Crippen LogP contribution in [0.1, 0.15) is 19.8 Å². The molecule has 0 bridgehead atoms. The molecule has 1 saturated heterocycles. The molecule has 0 aliphatic carbocycles. The predicted molar refractivity (Wildman–Crippen MR) is 33.8 cm³/mol. The van der Waals surface area contributed by atoms with Crippen LogP contribution >= 0.6 is 0 Å². The van der Waals surface area contributed by atoms with Crippen LogP contribution in [0, 0.1) is 0 Å². The van der Waals surface area contributed by atoms with E-state index in [2.05, 4.69) is 19.1 Å². The second kappa shape index (κ2) is 2.88. The molecule has 0 radical (unpaired) electrons. The van der Waals surface area contributed by atoms with Crippen LogP contribution in [0.2, 0.25) is 0 Å². The molecule has 1 aliphatic rings. The van der Waals surface area contributed by atoms with E-state index in [1.54, 1.807) is 0 Å². The minimum atomic E-state index is 0.567. The molecule has 1 aliphatic heterocycles. The second-order valence-corrected chi connectivity index (χ2v) is 2.07. The van der Waals surface area contributed by atoms with Gasteiger partial charge in [0.1, 0.15) is 0 Å². The van der Waals surface area contributed by atoms with Crippen LogP contribution in [0.4, 0.5) is 0 Å². The van der Waals surface area contributed by atoms with E-state index in [0.29, 0.717) is 6.10 Å². The van der Waals surface area contributed by atoms with Gasteiger partial charge < -0.3 is 4.74 Å². The largest absolute Gasteiger partial charge is 0.373 e. The minimum Gasteiger partial charge on any atom is -0.373 e. The van der Waals surface area contributed by atoms with Gasteiger partial charge in [-0.2, -0.15) is 0 Å². The first kappa shape index (κ1) is 5.83. The zero-order chi connectivity index (χ0) is 5.82. The second-order valence-electron chi connectivity index (χ2n) is 2.07. The molecule has 46 valence electrons. The highest BCUT2D eigenvalue weighted by Crippen LogP contribution is 2.13. The van der Waals surface area contributed by atoms with Crippen LogP contribution in [-0.2, 0) is 4.74 Å². The molecule has 0 aromatic rings. The molecular weight excluding hydrogens is 100 g/mol. The van der Waals surface area contributed by atoms with Crippen molar-refractivity contribution in [3.63, 3.8) is 0 Å². The normalized spacial score (nSPS) is 26.9. The molecule has 1 atom stereocenters. The van der Waals surface area contributed by atoms with Gasteiger partial charge in [0.15, 0.2) is 0 Å². The molecule has 0 N–H and O–H groups in total. The van der Waals surface area contributed by atoms with E-state index in [1.165, 1.54) is 0 Å². The summed E-state index contributed by atoms with van der Waals surface area (Å²) in [5.41, 5.74) is 0. The van der Waals surface area contributed by atoms with Crippen molar-refractivity contribution in [1.29, 1.82) is 0 Å². The summed E-state index contributed by atoms with van der Waals surface area (Å²) in [6.07, 6.45) is 7.21. The van der Waals surface area contributed by atoms with E-state index in [-0.39, 0.29) is 0 Å². The van der Waals surface area contributed by atoms with E-state index in [9.17, 15) is 0 Å². The van der Waals surface area contributed by atoms with Crippen LogP contribution in [-0.4, -0.2) is 12.7 Å². The molecule has 1 fully saturated rings. The van der Waals surface area contributed by atoms with Gasteiger partial charge in [-0.1, -0.05) is 19.1 Å². The fraction of sp³-hybridized carbons (Fsp3) is 0.714. The van der Waals surface area contributed by atoms with Crippen molar-refractivity contribution in [2.45, 2.75) is 25.9 Å². The summed E-state index contributed by atoms with van der Waals surface area (Å²) in [5.74, 6) is 0. The quantitative estimate of drug-likeness (QED) is 0.400. The van der Waals surface area contributed by atoms with Crippen LogP contribution < -0.4 is 0 Å². The fourth-order valence-electron chi connectivity index (χ4n) is 0.619. The Morgan fingerprint density at radius 2 is 2.38 bits per heavy atom. The summed E-state index contributed by atoms with van der Waals surface area (Å²) in [4.78, 5) is 0. The molecule has 1 rings (SSSR count). The summed E-state index contributed by atoms with van der Waals surface area (Å²) in [6.45, 7) is 3.12. The lowest BCUT2D eigenvalue weighted by molar-refractivity contribution is 0.410. The van der Waals surface area contributed by atoms with Gasteiger partial charge in [0, 0.05) is 0 Å². The Hall–Kier alpha value is -0.300. The lowest BCUT2D eigenvalue weighted by atomic mass is 10.3. The molecule has 1 heterocycles. The third kappa shape index (κ3) is 2.12. The first-order valence-corrected chi connectivity index (χ1v) is 3.20. The smallest absolute Gasteiger partial charge is 0.0844 e. The molecule has 0 spiro atoms. The van der Waals surface area contributed by atoms with Gasteiger partial charge in [-0.3, -0.25) is 0 Å². The Bertz CT molecular complexity index is 82.4. The highest BCUT2D eigenvalue weighted by atomic mass is 16.6. The monoisotopic (exact) mass is 112 g/mol. The Morgan fingerprint density at radius 1 is 1.62 bits per heavy atom. The summed E-state index contributed by atoms with van der Waals surface area (Å²) in [5, 5.41) is 0. The SMILES string of the molecule is CC/C=C/C[C@@H]1CO1. The molecule has 1 nitrogen and oxygen atoms in total. The third-order valence-electron chi connectivity index (χ3n) is 1.20. The Balaban J connectivity index is 1.93. The number of hydrogen-bond acceptors (Lipinski definition) is 1. The molecule has 0 unspecified atom stereocenters. The van der Waals surface area contributed by atoms with Crippen LogP contribution in [0.3, 0.4) is 0 Å². The van der Waals surface area contributed by atoms with Crippen molar-refractivity contribution in [3.05, 3.63) is 12.2 Å². The fourth-order valence-corrected chi connectivity index (χ4v) is 0.619. The van der Waals surface area contributed by atoms with Gasteiger partial charge in [-0.15, -0.1) is 0 Å². The van der Waals surface area contributed by atoms with Gasteiger partial charge in [0.2, 0.25) is 0 Å². The molecule has 1 heteroatoms. The first-order valence-electron chi connectivity index (χ1n) is 3.20. The maximum absolute atomic E-state index is 5.00. The van der Waals surface area contributed by atoms with E-state index in [0.717, 1.165) is 19.4 Å². The van der Waals surface area contributed by atoms with E-state index in [4.69, 9.17) is 4.74 Å². The highest BCUT2D eigenvalue weighted by molar-refractivity contribution is 4.86. The lowest BCUT2D eigenvalue weighted by Gasteiger charge is -1.80. The van der Waals surface area contributed by atoms with Gasteiger partial charge in [-0.25, -0.2) is 0 Å². The van der Waals surface area contributed by atoms with Crippen molar-refractivity contribution < 1.29 is 4.74 Å². The molecule has 0 aromatic heterocycles. The maximum Gasteiger partial charge on any atom is 0.0844 e. The van der Waals surface area contributed by atoms with Crippen molar-refractivity contribution in [2.24, 2.45) is 0 Å². The molecule has 0 saturated carbocycles. The van der Waals surface area contributed by atoms with Crippen LogP contribution in [0.25, 0.3) is 0 Å². The van der Waals surface area contributed by atoms with Crippen molar-refractivity contribution in [2.75, 3.05) is 6.61 Å². The number of hydrogen-bond donors (Lipinski definition) is 0. The van der Waals surface area contributed by atoms with Crippen molar-refractivity contribution in [3.8, 4) is 0 Å². The Morgan fingerprint density at radius 3 is 2.88 bits per heavy atom. The van der Waals surface area contributed by atoms with Crippen molar-refractivity contribution in [1.82, 2.24) is 0 Å². The zero-order valence-electron chi connectivity index (χ0n) is 5.26. The summed E-state index contributed by atoms with van der Waals surface area (Å²) >= 11 is 0. The zero-order valence-corrected chi connectivity index (χ0v) is 5.26. The maximum atomic E-state index is 5.00. The van der Waals surface area contributed by atoms with Crippen LogP contribution in [0.5, 0.6) is 0 Å². The molecular formula is C7H12O. The number of ether oxygens (including phenoxy) is 1. The van der Waals surface area contributed by atoms with Crippen LogP contribution in [0.15, 0.2) is 12.2 Å².